The summed E-state index contributed by atoms with van der Waals surface area (Å²) in [6, 6.07) is 22.8. The van der Waals surface area contributed by atoms with Crippen LogP contribution in [0.4, 0.5) is 0 Å². The van der Waals surface area contributed by atoms with Crippen molar-refractivity contribution in [2.45, 2.75) is 135 Å². The maximum absolute atomic E-state index is 2.56. The minimum atomic E-state index is 0.0166. The highest BCUT2D eigenvalue weighted by molar-refractivity contribution is 5.30. The van der Waals surface area contributed by atoms with E-state index < -0.39 is 0 Å². The summed E-state index contributed by atoms with van der Waals surface area (Å²) in [5, 5.41) is 0. The number of unbranched alkanes of at least 4 members (excludes halogenated alkanes) is 11. The van der Waals surface area contributed by atoms with Gasteiger partial charge < -0.3 is 0 Å². The first-order valence-electron chi connectivity index (χ1n) is 15.8. The Balaban J connectivity index is 1.74. The summed E-state index contributed by atoms with van der Waals surface area (Å²) in [4.78, 5) is 0. The van der Waals surface area contributed by atoms with Crippen molar-refractivity contribution in [3.8, 4) is 0 Å². The van der Waals surface area contributed by atoms with E-state index in [2.05, 4.69) is 109 Å². The molecule has 3 rings (SSSR count). The average molecular weight is 516 g/mol. The molecule has 2 unspecified atom stereocenters. The van der Waals surface area contributed by atoms with Gasteiger partial charge in [-0.1, -0.05) is 146 Å². The van der Waals surface area contributed by atoms with Gasteiger partial charge in [0, 0.05) is 5.41 Å². The lowest BCUT2D eigenvalue weighted by Crippen LogP contribution is -2.38. The molecule has 0 N–H and O–H groups in total. The van der Waals surface area contributed by atoms with Crippen LogP contribution in [0.5, 0.6) is 0 Å². The van der Waals surface area contributed by atoms with Crippen LogP contribution in [0.3, 0.4) is 0 Å². The highest BCUT2D eigenvalue weighted by Crippen LogP contribution is 2.41. The van der Waals surface area contributed by atoms with Crippen LogP contribution in [-0.2, 0) is 18.4 Å². The van der Waals surface area contributed by atoms with E-state index in [-0.39, 0.29) is 5.41 Å². The van der Waals surface area contributed by atoms with Crippen LogP contribution < -0.4 is 4.57 Å². The van der Waals surface area contributed by atoms with Gasteiger partial charge in [0.2, 0.25) is 6.33 Å². The number of hydrogen-bond acceptors (Lipinski definition) is 0. The summed E-state index contributed by atoms with van der Waals surface area (Å²) in [5.74, 6) is 0. The van der Waals surface area contributed by atoms with Gasteiger partial charge in [-0.25, -0.2) is 9.13 Å². The molecule has 2 nitrogen and oxygen atoms in total. The second-order valence-corrected chi connectivity index (χ2v) is 11.7. The number of aryl methyl sites for hydroxylation is 1. The van der Waals surface area contributed by atoms with Crippen molar-refractivity contribution < 1.29 is 4.57 Å². The normalized spacial score (nSPS) is 13.9. The van der Waals surface area contributed by atoms with Crippen molar-refractivity contribution >= 4 is 0 Å². The fourth-order valence-electron chi connectivity index (χ4n) is 6.14. The third-order valence-corrected chi connectivity index (χ3v) is 8.51. The molecule has 38 heavy (non-hydrogen) atoms. The molecule has 0 aliphatic heterocycles. The highest BCUT2D eigenvalue weighted by atomic mass is 15.1. The zero-order chi connectivity index (χ0) is 26.9. The molecule has 0 saturated heterocycles. The second-order valence-electron chi connectivity index (χ2n) is 11.7. The summed E-state index contributed by atoms with van der Waals surface area (Å²) in [6.45, 7) is 8.24. The molecule has 0 radical (unpaired) electrons. The molecule has 3 aromatic rings. The third kappa shape index (κ3) is 9.75. The maximum Gasteiger partial charge on any atom is 0.244 e. The molecule has 208 valence electrons. The van der Waals surface area contributed by atoms with Gasteiger partial charge in [-0.3, -0.25) is 0 Å². The van der Waals surface area contributed by atoms with Crippen LogP contribution in [0, 0.1) is 0 Å². The standard InChI is InChI=1S/C36H55N2/c1-4-6-8-10-11-12-14-22-28-37-29-30-38(32-37)35(27-21-13-9-7-5-2)36(3,34-25-19-16-20-26-34)31-33-23-17-15-18-24-33/h15-20,23-26,29-30,32,35H,4-14,21-22,27-28,31H2,1-3H3/q+1. The lowest BCUT2D eigenvalue weighted by atomic mass is 9.70. The highest BCUT2D eigenvalue weighted by Gasteiger charge is 2.40. The van der Waals surface area contributed by atoms with E-state index >= 15 is 0 Å². The summed E-state index contributed by atoms with van der Waals surface area (Å²) in [5.41, 5.74) is 2.89. The van der Waals surface area contributed by atoms with Crippen LogP contribution in [0.15, 0.2) is 79.4 Å². The SMILES string of the molecule is CCCCCCCCCC[n+]1ccn(C(CCCCCCC)C(C)(Cc2ccccc2)c2ccccc2)c1. The predicted octanol–water partition coefficient (Wildman–Crippen LogP) is 10.0. The number of imidazole rings is 1. The van der Waals surface area contributed by atoms with E-state index in [1.54, 1.807) is 0 Å². The molecule has 0 saturated carbocycles. The summed E-state index contributed by atoms with van der Waals surface area (Å²) in [6.07, 6.45) is 27.0. The molecule has 2 aromatic carbocycles. The Hall–Kier alpha value is -2.35. The third-order valence-electron chi connectivity index (χ3n) is 8.51. The van der Waals surface area contributed by atoms with Crippen molar-refractivity contribution in [1.29, 1.82) is 0 Å². The quantitative estimate of drug-likeness (QED) is 0.105. The van der Waals surface area contributed by atoms with Crippen molar-refractivity contribution in [2.75, 3.05) is 0 Å². The number of rotatable bonds is 20. The topological polar surface area (TPSA) is 8.81 Å². The van der Waals surface area contributed by atoms with Gasteiger partial charge in [-0.15, -0.1) is 0 Å². The van der Waals surface area contributed by atoms with Crippen LogP contribution in [0.1, 0.15) is 128 Å². The average Bonchev–Trinajstić information content (AvgIpc) is 3.41. The van der Waals surface area contributed by atoms with E-state index in [9.17, 15) is 0 Å². The zero-order valence-electron chi connectivity index (χ0n) is 24.8. The van der Waals surface area contributed by atoms with Crippen LogP contribution in [-0.4, -0.2) is 4.57 Å². The lowest BCUT2D eigenvalue weighted by Gasteiger charge is -2.37. The van der Waals surface area contributed by atoms with Gasteiger partial charge in [0.1, 0.15) is 18.4 Å². The fourth-order valence-corrected chi connectivity index (χ4v) is 6.14. The summed E-state index contributed by atoms with van der Waals surface area (Å²) < 4.78 is 5.00. The minimum absolute atomic E-state index is 0.0166. The molecule has 0 amide bonds. The lowest BCUT2D eigenvalue weighted by molar-refractivity contribution is -0.697. The van der Waals surface area contributed by atoms with Crippen molar-refractivity contribution in [3.63, 3.8) is 0 Å². The molecule has 1 aromatic heterocycles. The smallest absolute Gasteiger partial charge is 0.237 e. The molecule has 2 heteroatoms. The molecular weight excluding hydrogens is 460 g/mol. The molecule has 1 heterocycles. The molecule has 0 fully saturated rings. The Bertz CT molecular complexity index is 977. The van der Waals surface area contributed by atoms with Gasteiger partial charge >= 0.3 is 0 Å². The first-order valence-corrected chi connectivity index (χ1v) is 15.8. The number of nitrogens with zero attached hydrogens (tertiary/aromatic N) is 2. The van der Waals surface area contributed by atoms with Crippen LogP contribution in [0.25, 0.3) is 0 Å². The molecule has 0 spiro atoms. The van der Waals surface area contributed by atoms with Crippen molar-refractivity contribution in [3.05, 3.63) is 90.5 Å². The van der Waals surface area contributed by atoms with E-state index in [0.29, 0.717) is 6.04 Å². The molecular formula is C36H55N2+. The molecule has 0 bridgehead atoms. The van der Waals surface area contributed by atoms with Crippen molar-refractivity contribution in [1.82, 2.24) is 4.57 Å². The zero-order valence-corrected chi connectivity index (χ0v) is 24.8. The fraction of sp³-hybridized carbons (Fsp3) is 0.583. The largest absolute Gasteiger partial charge is 0.244 e. The first-order chi connectivity index (χ1) is 18.7. The number of benzene rings is 2. The molecule has 0 aliphatic rings. The van der Waals surface area contributed by atoms with E-state index in [4.69, 9.17) is 0 Å². The predicted molar refractivity (Wildman–Crippen MR) is 164 cm³/mol. The van der Waals surface area contributed by atoms with Gasteiger partial charge in [0.15, 0.2) is 0 Å². The van der Waals surface area contributed by atoms with Crippen LogP contribution >= 0.6 is 0 Å². The van der Waals surface area contributed by atoms with Gasteiger partial charge in [0.05, 0.1) is 6.54 Å². The van der Waals surface area contributed by atoms with Gasteiger partial charge in [-0.2, -0.15) is 0 Å². The van der Waals surface area contributed by atoms with Gasteiger partial charge in [-0.05, 0) is 43.2 Å². The monoisotopic (exact) mass is 515 g/mol. The van der Waals surface area contributed by atoms with Gasteiger partial charge in [0.25, 0.3) is 0 Å². The van der Waals surface area contributed by atoms with E-state index in [0.717, 1.165) is 13.0 Å². The molecule has 2 atom stereocenters. The second kappa shape index (κ2) is 17.3. The van der Waals surface area contributed by atoms with Crippen molar-refractivity contribution in [2.24, 2.45) is 0 Å². The number of hydrogen-bond donors (Lipinski definition) is 0. The van der Waals surface area contributed by atoms with E-state index in [1.165, 1.54) is 101 Å². The molecule has 0 aliphatic carbocycles. The Morgan fingerprint density at radius 3 is 1.87 bits per heavy atom. The Labute approximate surface area is 234 Å². The maximum atomic E-state index is 2.56. The minimum Gasteiger partial charge on any atom is -0.237 e. The Kier molecular flexibility index (Phi) is 13.7. The van der Waals surface area contributed by atoms with E-state index in [1.807, 2.05) is 0 Å². The van der Waals surface area contributed by atoms with Crippen LogP contribution in [0.2, 0.25) is 0 Å². The number of aromatic nitrogens is 2. The summed E-state index contributed by atoms with van der Waals surface area (Å²) >= 11 is 0. The Morgan fingerprint density at radius 1 is 0.684 bits per heavy atom. The first kappa shape index (κ1) is 30.2. The summed E-state index contributed by atoms with van der Waals surface area (Å²) in [7, 11) is 0. The Morgan fingerprint density at radius 2 is 1.24 bits per heavy atom.